The van der Waals surface area contributed by atoms with Gasteiger partial charge in [-0.05, 0) is 27.7 Å². The molecule has 0 aromatic carbocycles. The summed E-state index contributed by atoms with van der Waals surface area (Å²) in [5.74, 6) is -0.764. The fraction of sp³-hybridized carbons (Fsp3) is 0.900. The first-order valence-electron chi connectivity index (χ1n) is 5.16. The van der Waals surface area contributed by atoms with Crippen LogP contribution in [0.15, 0.2) is 0 Å². The molecule has 0 atom stereocenters. The lowest BCUT2D eigenvalue weighted by atomic mass is 9.86. The van der Waals surface area contributed by atoms with Gasteiger partial charge in [-0.15, -0.1) is 0 Å². The molecule has 102 valence electrons. The molecule has 0 bridgehead atoms. The minimum absolute atomic E-state index is 0.285. The number of amides is 1. The van der Waals surface area contributed by atoms with Crippen molar-refractivity contribution < 1.29 is 23.1 Å². The normalized spacial score (nSPS) is 13.6. The maximum absolute atomic E-state index is 11.8. The second kappa shape index (κ2) is 5.22. The van der Waals surface area contributed by atoms with Gasteiger partial charge in [-0.1, -0.05) is 0 Å². The predicted molar refractivity (Wildman–Crippen MR) is 57.4 cm³/mol. The molecule has 0 aromatic heterocycles. The molecule has 0 spiro atoms. The summed E-state index contributed by atoms with van der Waals surface area (Å²) >= 11 is 0. The van der Waals surface area contributed by atoms with E-state index < -0.39 is 29.8 Å². The van der Waals surface area contributed by atoms with Gasteiger partial charge in [0.25, 0.3) is 0 Å². The van der Waals surface area contributed by atoms with Crippen LogP contribution in [0.2, 0.25) is 0 Å². The zero-order chi connectivity index (χ0) is 13.9. The summed E-state index contributed by atoms with van der Waals surface area (Å²) in [7, 11) is 0. The summed E-state index contributed by atoms with van der Waals surface area (Å²) in [5.41, 5.74) is -1.89. The molecule has 0 aliphatic carbocycles. The van der Waals surface area contributed by atoms with Crippen LogP contribution in [-0.2, 0) is 4.79 Å². The van der Waals surface area contributed by atoms with Gasteiger partial charge in [-0.2, -0.15) is 13.2 Å². The molecule has 1 amide bonds. The molecule has 0 rings (SSSR count). The van der Waals surface area contributed by atoms with E-state index in [1.807, 2.05) is 0 Å². The molecule has 0 unspecified atom stereocenters. The number of hydrogen-bond acceptors (Lipinski definition) is 3. The Balaban J connectivity index is 4.09. The lowest BCUT2D eigenvalue weighted by Gasteiger charge is -2.38. The first-order valence-corrected chi connectivity index (χ1v) is 5.16. The van der Waals surface area contributed by atoms with E-state index >= 15 is 0 Å². The van der Waals surface area contributed by atoms with E-state index in [1.54, 1.807) is 33.0 Å². The van der Waals surface area contributed by atoms with Crippen molar-refractivity contribution in [2.75, 3.05) is 13.1 Å². The molecule has 0 aliphatic heterocycles. The van der Waals surface area contributed by atoms with Crippen molar-refractivity contribution in [1.82, 2.24) is 10.6 Å². The summed E-state index contributed by atoms with van der Waals surface area (Å²) in [4.78, 5) is 11.1. The van der Waals surface area contributed by atoms with Crippen LogP contribution in [0, 0.1) is 0 Å². The topological polar surface area (TPSA) is 61.4 Å². The number of alkyl halides is 3. The van der Waals surface area contributed by atoms with E-state index in [0.29, 0.717) is 0 Å². The Kier molecular flexibility index (Phi) is 4.97. The number of hydrogen-bond donors (Lipinski definition) is 3. The molecule has 0 aliphatic rings. The molecule has 0 fully saturated rings. The number of nitrogens with one attached hydrogen (secondary N) is 2. The Morgan fingerprint density at radius 1 is 1.18 bits per heavy atom. The number of carbonyl (C=O) groups is 1. The minimum Gasteiger partial charge on any atom is -0.389 e. The first-order chi connectivity index (χ1) is 7.35. The largest absolute Gasteiger partial charge is 0.405 e. The quantitative estimate of drug-likeness (QED) is 0.682. The highest BCUT2D eigenvalue weighted by Crippen LogP contribution is 2.19. The Morgan fingerprint density at radius 3 is 2.00 bits per heavy atom. The number of carbonyl (C=O) groups excluding carboxylic acids is 1. The standard InChI is InChI=1S/C10H19F3N2O2/c1-8(2,9(3,4)17)15-5-7(16)14-6-10(11,12)13/h15,17H,5-6H2,1-4H3,(H,14,16). The molecule has 0 aromatic rings. The highest BCUT2D eigenvalue weighted by Gasteiger charge is 2.35. The summed E-state index contributed by atoms with van der Waals surface area (Å²) in [6.45, 7) is 4.78. The van der Waals surface area contributed by atoms with E-state index in [9.17, 15) is 23.1 Å². The van der Waals surface area contributed by atoms with Gasteiger partial charge in [0, 0.05) is 5.54 Å². The third-order valence-corrected chi connectivity index (χ3v) is 2.71. The second-order valence-corrected chi connectivity index (χ2v) is 4.93. The van der Waals surface area contributed by atoms with E-state index in [4.69, 9.17) is 0 Å². The van der Waals surface area contributed by atoms with Gasteiger partial charge < -0.3 is 15.7 Å². The van der Waals surface area contributed by atoms with Gasteiger partial charge in [0.2, 0.25) is 5.91 Å². The van der Waals surface area contributed by atoms with Gasteiger partial charge in [0.15, 0.2) is 0 Å². The smallest absolute Gasteiger partial charge is 0.389 e. The van der Waals surface area contributed by atoms with E-state index in [1.165, 1.54) is 0 Å². The Morgan fingerprint density at radius 2 is 1.65 bits per heavy atom. The average Bonchev–Trinajstić information content (AvgIpc) is 2.08. The fourth-order valence-corrected chi connectivity index (χ4v) is 0.779. The Hall–Kier alpha value is -0.820. The summed E-state index contributed by atoms with van der Waals surface area (Å²) in [5, 5.41) is 14.2. The minimum atomic E-state index is -4.42. The summed E-state index contributed by atoms with van der Waals surface area (Å²) in [6, 6.07) is 0. The maximum Gasteiger partial charge on any atom is 0.405 e. The van der Waals surface area contributed by atoms with Crippen molar-refractivity contribution in [3.8, 4) is 0 Å². The predicted octanol–water partition coefficient (Wildman–Crippen LogP) is 0.804. The number of halogens is 3. The van der Waals surface area contributed by atoms with Crippen LogP contribution in [0.1, 0.15) is 27.7 Å². The maximum atomic E-state index is 11.8. The molecular formula is C10H19F3N2O2. The van der Waals surface area contributed by atoms with Crippen LogP contribution in [0.5, 0.6) is 0 Å². The second-order valence-electron chi connectivity index (χ2n) is 4.93. The average molecular weight is 256 g/mol. The first kappa shape index (κ1) is 16.2. The van der Waals surface area contributed by atoms with E-state index in [2.05, 4.69) is 5.32 Å². The Labute approximate surface area is 98.6 Å². The molecule has 17 heavy (non-hydrogen) atoms. The fourth-order valence-electron chi connectivity index (χ4n) is 0.779. The van der Waals surface area contributed by atoms with Crippen molar-refractivity contribution in [2.45, 2.75) is 45.0 Å². The van der Waals surface area contributed by atoms with Crippen molar-refractivity contribution in [2.24, 2.45) is 0 Å². The van der Waals surface area contributed by atoms with Gasteiger partial charge >= 0.3 is 6.18 Å². The van der Waals surface area contributed by atoms with Crippen molar-refractivity contribution in [1.29, 1.82) is 0 Å². The zero-order valence-electron chi connectivity index (χ0n) is 10.4. The van der Waals surface area contributed by atoms with Gasteiger partial charge in [-0.3, -0.25) is 4.79 Å². The monoisotopic (exact) mass is 256 g/mol. The molecule has 7 heteroatoms. The van der Waals surface area contributed by atoms with Crippen LogP contribution in [0.3, 0.4) is 0 Å². The number of rotatable bonds is 5. The molecule has 3 N–H and O–H groups in total. The van der Waals surface area contributed by atoms with Gasteiger partial charge in [-0.25, -0.2) is 0 Å². The van der Waals surface area contributed by atoms with Crippen LogP contribution in [0.25, 0.3) is 0 Å². The summed E-state index contributed by atoms with van der Waals surface area (Å²) < 4.78 is 35.4. The van der Waals surface area contributed by atoms with Crippen LogP contribution < -0.4 is 10.6 Å². The molecule has 0 heterocycles. The third-order valence-electron chi connectivity index (χ3n) is 2.71. The van der Waals surface area contributed by atoms with Crippen LogP contribution >= 0.6 is 0 Å². The molecule has 4 nitrogen and oxygen atoms in total. The van der Waals surface area contributed by atoms with Crippen LogP contribution in [-0.4, -0.2) is 41.4 Å². The summed E-state index contributed by atoms with van der Waals surface area (Å²) in [6.07, 6.45) is -4.42. The molecule has 0 saturated carbocycles. The lowest BCUT2D eigenvalue weighted by Crippen LogP contribution is -2.58. The number of aliphatic hydroxyl groups is 1. The zero-order valence-corrected chi connectivity index (χ0v) is 10.4. The van der Waals surface area contributed by atoms with Crippen LogP contribution in [0.4, 0.5) is 13.2 Å². The van der Waals surface area contributed by atoms with E-state index in [0.717, 1.165) is 0 Å². The lowest BCUT2D eigenvalue weighted by molar-refractivity contribution is -0.138. The molecule has 0 radical (unpaired) electrons. The molecular weight excluding hydrogens is 237 g/mol. The van der Waals surface area contributed by atoms with Crippen molar-refractivity contribution in [3.05, 3.63) is 0 Å². The van der Waals surface area contributed by atoms with Crippen molar-refractivity contribution in [3.63, 3.8) is 0 Å². The Bertz CT molecular complexity index is 270. The van der Waals surface area contributed by atoms with Gasteiger partial charge in [0.05, 0.1) is 12.1 Å². The van der Waals surface area contributed by atoms with E-state index in [-0.39, 0.29) is 6.54 Å². The van der Waals surface area contributed by atoms with Crippen molar-refractivity contribution >= 4 is 5.91 Å². The highest BCUT2D eigenvalue weighted by molar-refractivity contribution is 5.78. The third kappa shape index (κ3) is 6.48. The molecule has 0 saturated heterocycles. The van der Waals surface area contributed by atoms with Gasteiger partial charge in [0.1, 0.15) is 6.54 Å². The highest BCUT2D eigenvalue weighted by atomic mass is 19.4. The SMILES string of the molecule is CC(C)(O)C(C)(C)NCC(=O)NCC(F)(F)F.